The molecule has 31 heavy (non-hydrogen) atoms. The monoisotopic (exact) mass is 452 g/mol. The topological polar surface area (TPSA) is 231 Å². The van der Waals surface area contributed by atoms with Crippen LogP contribution in [-0.2, 0) is 43.0 Å². The molecule has 176 valence electrons. The first kappa shape index (κ1) is 27.7. The zero-order chi connectivity index (χ0) is 24.2. The molecule has 0 aliphatic heterocycles. The van der Waals surface area contributed by atoms with E-state index in [0.717, 1.165) is 6.92 Å². The molecule has 0 bridgehead atoms. The molecular formula is C17H24O14. The van der Waals surface area contributed by atoms with Gasteiger partial charge in [-0.05, 0) is 6.92 Å². The number of carboxylic acids is 3. The number of aliphatic carboxylic acids is 3. The summed E-state index contributed by atoms with van der Waals surface area (Å²) in [7, 11) is 0. The van der Waals surface area contributed by atoms with Gasteiger partial charge in [0.15, 0.2) is 5.60 Å². The lowest BCUT2D eigenvalue weighted by molar-refractivity contribution is -0.177. The molecule has 0 aliphatic carbocycles. The van der Waals surface area contributed by atoms with Gasteiger partial charge in [-0.1, -0.05) is 0 Å². The van der Waals surface area contributed by atoms with Crippen LogP contribution in [-0.4, -0.2) is 93.4 Å². The molecule has 0 radical (unpaired) electrons. The highest BCUT2D eigenvalue weighted by Gasteiger charge is 2.43. The van der Waals surface area contributed by atoms with Crippen molar-refractivity contribution in [2.45, 2.75) is 38.2 Å². The molecule has 0 heterocycles. The summed E-state index contributed by atoms with van der Waals surface area (Å²) in [4.78, 5) is 68.0. The van der Waals surface area contributed by atoms with Crippen molar-refractivity contribution in [2.75, 3.05) is 26.4 Å². The molecule has 14 heteroatoms. The molecule has 0 fully saturated rings. The highest BCUT2D eigenvalue weighted by molar-refractivity contribution is 5.89. The van der Waals surface area contributed by atoms with Crippen LogP contribution < -0.4 is 0 Å². The van der Waals surface area contributed by atoms with E-state index >= 15 is 0 Å². The molecule has 0 aliphatic rings. The van der Waals surface area contributed by atoms with Gasteiger partial charge in [-0.25, -0.2) is 4.79 Å². The van der Waals surface area contributed by atoms with Gasteiger partial charge in [0.2, 0.25) is 0 Å². The van der Waals surface area contributed by atoms with Crippen molar-refractivity contribution in [3.05, 3.63) is 0 Å². The van der Waals surface area contributed by atoms with E-state index in [0.29, 0.717) is 0 Å². The standard InChI is InChI=1S/C17H24O14/c1-16(14(25)26,6-10(19)20)8-12(23)29-4-5-30-13(24)9-17(28,7-11(21)22)15(27)31-3-2-18/h18,28H,2-9H2,1H3,(H,19,20)(H,21,22)(H,25,26). The molecule has 0 aromatic rings. The number of hydrogen-bond donors (Lipinski definition) is 5. The number of aliphatic hydroxyl groups is 2. The Morgan fingerprint density at radius 3 is 1.61 bits per heavy atom. The minimum atomic E-state index is -2.76. The van der Waals surface area contributed by atoms with E-state index in [1.807, 2.05) is 0 Å². The van der Waals surface area contributed by atoms with E-state index in [1.54, 1.807) is 0 Å². The first-order valence-corrected chi connectivity index (χ1v) is 8.74. The van der Waals surface area contributed by atoms with E-state index in [9.17, 15) is 33.9 Å². The maximum atomic E-state index is 11.8. The molecule has 0 spiro atoms. The number of rotatable bonds is 15. The van der Waals surface area contributed by atoms with E-state index in [2.05, 4.69) is 14.2 Å². The average Bonchev–Trinajstić information content (AvgIpc) is 2.61. The lowest BCUT2D eigenvalue weighted by atomic mass is 9.83. The summed E-state index contributed by atoms with van der Waals surface area (Å²) in [5, 5.41) is 45.3. The highest BCUT2D eigenvalue weighted by Crippen LogP contribution is 2.27. The zero-order valence-corrected chi connectivity index (χ0v) is 16.6. The van der Waals surface area contributed by atoms with Gasteiger partial charge in [-0.15, -0.1) is 0 Å². The third-order valence-corrected chi connectivity index (χ3v) is 3.79. The van der Waals surface area contributed by atoms with Crippen LogP contribution in [0.2, 0.25) is 0 Å². The van der Waals surface area contributed by atoms with Gasteiger partial charge in [0.25, 0.3) is 0 Å². The Morgan fingerprint density at radius 1 is 0.710 bits per heavy atom. The van der Waals surface area contributed by atoms with Crippen molar-refractivity contribution in [2.24, 2.45) is 5.41 Å². The average molecular weight is 452 g/mol. The van der Waals surface area contributed by atoms with Crippen molar-refractivity contribution in [1.29, 1.82) is 0 Å². The Balaban J connectivity index is 4.67. The van der Waals surface area contributed by atoms with Crippen LogP contribution in [0.3, 0.4) is 0 Å². The second-order valence-corrected chi connectivity index (χ2v) is 6.69. The third-order valence-electron chi connectivity index (χ3n) is 3.79. The first-order chi connectivity index (χ1) is 14.3. The van der Waals surface area contributed by atoms with Crippen molar-refractivity contribution in [3.63, 3.8) is 0 Å². The van der Waals surface area contributed by atoms with Crippen molar-refractivity contribution >= 4 is 35.8 Å². The van der Waals surface area contributed by atoms with Crippen molar-refractivity contribution in [1.82, 2.24) is 0 Å². The van der Waals surface area contributed by atoms with Crippen LogP contribution >= 0.6 is 0 Å². The predicted molar refractivity (Wildman–Crippen MR) is 94.4 cm³/mol. The first-order valence-electron chi connectivity index (χ1n) is 8.74. The quantitative estimate of drug-likeness (QED) is 0.104. The number of ether oxygens (including phenoxy) is 3. The van der Waals surface area contributed by atoms with Crippen LogP contribution in [0.1, 0.15) is 32.6 Å². The van der Waals surface area contributed by atoms with Crippen LogP contribution in [0.4, 0.5) is 0 Å². The van der Waals surface area contributed by atoms with Gasteiger partial charge in [0.1, 0.15) is 19.8 Å². The summed E-state index contributed by atoms with van der Waals surface area (Å²) < 4.78 is 13.7. The molecule has 14 nitrogen and oxygen atoms in total. The maximum Gasteiger partial charge on any atom is 0.339 e. The van der Waals surface area contributed by atoms with E-state index < -0.39 is 98.9 Å². The second-order valence-electron chi connectivity index (χ2n) is 6.69. The molecule has 5 N–H and O–H groups in total. The van der Waals surface area contributed by atoms with Crippen LogP contribution in [0.5, 0.6) is 0 Å². The van der Waals surface area contributed by atoms with Gasteiger partial charge in [0, 0.05) is 0 Å². The minimum absolute atomic E-state index is 0.539. The molecule has 0 rings (SSSR count). The fourth-order valence-corrected chi connectivity index (χ4v) is 2.25. The lowest BCUT2D eigenvalue weighted by Crippen LogP contribution is -2.44. The Morgan fingerprint density at radius 2 is 1.19 bits per heavy atom. The summed E-state index contributed by atoms with van der Waals surface area (Å²) in [6.07, 6.45) is -3.88. The molecule has 2 unspecified atom stereocenters. The number of hydrogen-bond acceptors (Lipinski definition) is 11. The number of esters is 3. The second kappa shape index (κ2) is 12.4. The van der Waals surface area contributed by atoms with Crippen LogP contribution in [0, 0.1) is 5.41 Å². The number of aliphatic hydroxyl groups excluding tert-OH is 1. The maximum absolute atomic E-state index is 11.8. The summed E-state index contributed by atoms with van der Waals surface area (Å²) in [6, 6.07) is 0. The third kappa shape index (κ3) is 10.4. The fraction of sp³-hybridized carbons (Fsp3) is 0.647. The van der Waals surface area contributed by atoms with Gasteiger partial charge in [-0.2, -0.15) is 0 Å². The van der Waals surface area contributed by atoms with Crippen LogP contribution in [0.15, 0.2) is 0 Å². The van der Waals surface area contributed by atoms with Crippen molar-refractivity contribution in [3.8, 4) is 0 Å². The van der Waals surface area contributed by atoms with Gasteiger partial charge in [0.05, 0.1) is 37.7 Å². The summed E-state index contributed by atoms with van der Waals surface area (Å²) in [5.74, 6) is -8.34. The van der Waals surface area contributed by atoms with E-state index in [1.165, 1.54) is 0 Å². The molecular weight excluding hydrogens is 428 g/mol. The normalized spacial score (nSPS) is 14.4. The smallest absolute Gasteiger partial charge is 0.339 e. The molecule has 0 aromatic carbocycles. The van der Waals surface area contributed by atoms with Gasteiger partial charge in [-0.3, -0.25) is 24.0 Å². The number of carboxylic acid groups (broad SMARTS) is 3. The molecule has 0 amide bonds. The molecule has 0 saturated heterocycles. The summed E-state index contributed by atoms with van der Waals surface area (Å²) >= 11 is 0. The SMILES string of the molecule is CC(CC(=O)O)(CC(=O)OCCOC(=O)CC(O)(CC(=O)O)C(=O)OCCO)C(=O)O. The summed E-state index contributed by atoms with van der Waals surface area (Å²) in [6.45, 7) is -1.23. The Bertz CT molecular complexity index is 701. The zero-order valence-electron chi connectivity index (χ0n) is 16.6. The van der Waals surface area contributed by atoms with E-state index in [4.69, 9.17) is 20.4 Å². The predicted octanol–water partition coefficient (Wildman–Crippen LogP) is -1.84. The molecule has 0 aromatic heterocycles. The Kier molecular flexibility index (Phi) is 11.1. The van der Waals surface area contributed by atoms with Crippen molar-refractivity contribution < 1.29 is 68.5 Å². The van der Waals surface area contributed by atoms with Gasteiger partial charge < -0.3 is 39.7 Å². The van der Waals surface area contributed by atoms with Gasteiger partial charge >= 0.3 is 35.8 Å². The molecule has 0 saturated carbocycles. The minimum Gasteiger partial charge on any atom is -0.481 e. The summed E-state index contributed by atoms with van der Waals surface area (Å²) in [5.41, 5.74) is -4.67. The largest absolute Gasteiger partial charge is 0.481 e. The number of carbonyl (C=O) groups excluding carboxylic acids is 3. The lowest BCUT2D eigenvalue weighted by Gasteiger charge is -2.23. The molecule has 2 atom stereocenters. The Labute approximate surface area is 175 Å². The Hall–Kier alpha value is -3.26. The van der Waals surface area contributed by atoms with Crippen LogP contribution in [0.25, 0.3) is 0 Å². The number of carbonyl (C=O) groups is 6. The fourth-order valence-electron chi connectivity index (χ4n) is 2.25. The highest BCUT2D eigenvalue weighted by atomic mass is 16.6. The van der Waals surface area contributed by atoms with E-state index in [-0.39, 0.29) is 0 Å².